The molecular formula is C20H20N2O4. The Kier molecular flexibility index (Phi) is 5.41. The lowest BCUT2D eigenvalue weighted by molar-refractivity contribution is -0.124. The summed E-state index contributed by atoms with van der Waals surface area (Å²) >= 11 is 0. The number of carbonyl (C=O) groups is 4. The minimum atomic E-state index is -0.281. The number of hydrogen-bond acceptors (Lipinski definition) is 4. The fourth-order valence-corrected chi connectivity index (χ4v) is 3.38. The van der Waals surface area contributed by atoms with Gasteiger partial charge in [0.1, 0.15) is 0 Å². The molecule has 2 aliphatic heterocycles. The van der Waals surface area contributed by atoms with Crippen molar-refractivity contribution in [3.63, 3.8) is 0 Å². The van der Waals surface area contributed by atoms with Crippen molar-refractivity contribution in [3.05, 3.63) is 54.1 Å². The normalized spacial score (nSPS) is 20.0. The van der Waals surface area contributed by atoms with Crippen molar-refractivity contribution in [1.82, 2.24) is 5.32 Å². The molecule has 1 aromatic rings. The molecule has 4 amide bonds. The maximum Gasteiger partial charge on any atom is 0.258 e. The third-order valence-electron chi connectivity index (χ3n) is 4.65. The number of benzene rings is 1. The fourth-order valence-electron chi connectivity index (χ4n) is 3.38. The van der Waals surface area contributed by atoms with Crippen LogP contribution >= 0.6 is 0 Å². The largest absolute Gasteiger partial charge is 0.289 e. The van der Waals surface area contributed by atoms with Crippen LogP contribution in [-0.2, 0) is 19.2 Å². The van der Waals surface area contributed by atoms with Crippen molar-refractivity contribution in [1.29, 1.82) is 0 Å². The summed E-state index contributed by atoms with van der Waals surface area (Å²) in [7, 11) is 0. The van der Waals surface area contributed by atoms with Crippen molar-refractivity contribution in [3.8, 4) is 0 Å². The summed E-state index contributed by atoms with van der Waals surface area (Å²) in [4.78, 5) is 45.7. The number of rotatable bonds is 2. The van der Waals surface area contributed by atoms with Gasteiger partial charge in [-0.05, 0) is 30.9 Å². The Labute approximate surface area is 151 Å². The zero-order valence-corrected chi connectivity index (χ0v) is 14.3. The number of para-hydroxylation sites is 1. The number of hydrogen-bond donors (Lipinski definition) is 1. The molecule has 0 aromatic heterocycles. The van der Waals surface area contributed by atoms with Gasteiger partial charge in [-0.25, -0.2) is 4.90 Å². The highest BCUT2D eigenvalue weighted by Crippen LogP contribution is 2.30. The van der Waals surface area contributed by atoms with Gasteiger partial charge in [-0.1, -0.05) is 37.5 Å². The van der Waals surface area contributed by atoms with Crippen LogP contribution in [-0.4, -0.2) is 23.6 Å². The van der Waals surface area contributed by atoms with Crippen molar-refractivity contribution in [2.75, 3.05) is 4.90 Å². The van der Waals surface area contributed by atoms with Crippen LogP contribution in [0.5, 0.6) is 0 Å². The molecule has 6 nitrogen and oxygen atoms in total. The van der Waals surface area contributed by atoms with Gasteiger partial charge in [-0.2, -0.15) is 0 Å². The SMILES string of the molecule is O=C1C=C(C2CCCCC2)C(=O)N1.O=C1C=CC(=O)N1c1ccccc1. The van der Waals surface area contributed by atoms with Gasteiger partial charge in [0.15, 0.2) is 0 Å². The summed E-state index contributed by atoms with van der Waals surface area (Å²) in [6, 6.07) is 8.86. The zero-order valence-electron chi connectivity index (χ0n) is 14.3. The summed E-state index contributed by atoms with van der Waals surface area (Å²) < 4.78 is 0. The van der Waals surface area contributed by atoms with Gasteiger partial charge in [0, 0.05) is 23.8 Å². The Morgan fingerprint density at radius 1 is 0.846 bits per heavy atom. The third-order valence-corrected chi connectivity index (χ3v) is 4.65. The molecule has 1 aliphatic carbocycles. The Morgan fingerprint density at radius 2 is 1.46 bits per heavy atom. The number of anilines is 1. The van der Waals surface area contributed by atoms with Gasteiger partial charge in [-0.15, -0.1) is 0 Å². The maximum atomic E-state index is 11.3. The first-order valence-corrected chi connectivity index (χ1v) is 8.74. The molecule has 2 heterocycles. The molecule has 0 radical (unpaired) electrons. The van der Waals surface area contributed by atoms with Crippen molar-refractivity contribution < 1.29 is 19.2 Å². The molecule has 0 saturated heterocycles. The van der Waals surface area contributed by atoms with E-state index in [1.54, 1.807) is 24.3 Å². The van der Waals surface area contributed by atoms with E-state index >= 15 is 0 Å². The van der Waals surface area contributed by atoms with E-state index in [9.17, 15) is 19.2 Å². The molecule has 0 atom stereocenters. The standard InChI is InChI=1S/C10H7NO2.C10H13NO2/c12-9-6-7-10(13)11(9)8-4-2-1-3-5-8;12-9-6-8(10(13)11-9)7-4-2-1-3-5-7/h1-7H;6-7H,1-5H2,(H,11,12,13). The molecule has 4 rings (SSSR count). The first-order valence-electron chi connectivity index (χ1n) is 8.74. The number of imide groups is 2. The molecule has 3 aliphatic rings. The van der Waals surface area contributed by atoms with Crippen LogP contribution in [0.1, 0.15) is 32.1 Å². The molecule has 0 unspecified atom stereocenters. The molecular weight excluding hydrogens is 332 g/mol. The van der Waals surface area contributed by atoms with E-state index in [0.717, 1.165) is 17.7 Å². The topological polar surface area (TPSA) is 83.5 Å². The van der Waals surface area contributed by atoms with Crippen LogP contribution in [0.15, 0.2) is 54.1 Å². The molecule has 0 bridgehead atoms. The smallest absolute Gasteiger partial charge is 0.258 e. The summed E-state index contributed by atoms with van der Waals surface area (Å²) in [5.41, 5.74) is 1.33. The average Bonchev–Trinajstić information content (AvgIpc) is 3.17. The van der Waals surface area contributed by atoms with Crippen molar-refractivity contribution in [2.24, 2.45) is 5.92 Å². The molecule has 1 fully saturated rings. The highest BCUT2D eigenvalue weighted by molar-refractivity contribution is 6.28. The second-order valence-electron chi connectivity index (χ2n) is 6.43. The van der Waals surface area contributed by atoms with Gasteiger partial charge in [0.2, 0.25) is 0 Å². The van der Waals surface area contributed by atoms with E-state index in [1.807, 2.05) is 6.07 Å². The Hall–Kier alpha value is -3.02. The van der Waals surface area contributed by atoms with Crippen LogP contribution in [0.3, 0.4) is 0 Å². The van der Waals surface area contributed by atoms with Gasteiger partial charge in [0.25, 0.3) is 23.6 Å². The summed E-state index contributed by atoms with van der Waals surface area (Å²) in [5, 5.41) is 2.29. The van der Waals surface area contributed by atoms with Gasteiger partial charge in [-0.3, -0.25) is 24.5 Å². The first-order chi connectivity index (χ1) is 12.6. The maximum absolute atomic E-state index is 11.3. The van der Waals surface area contributed by atoms with Crippen LogP contribution in [0, 0.1) is 5.92 Å². The zero-order chi connectivity index (χ0) is 18.5. The molecule has 134 valence electrons. The van der Waals surface area contributed by atoms with Crippen molar-refractivity contribution >= 4 is 29.3 Å². The fraction of sp³-hybridized carbons (Fsp3) is 0.300. The predicted molar refractivity (Wildman–Crippen MR) is 95.9 cm³/mol. The molecule has 26 heavy (non-hydrogen) atoms. The van der Waals surface area contributed by atoms with Crippen LogP contribution in [0.4, 0.5) is 5.69 Å². The minimum Gasteiger partial charge on any atom is -0.289 e. The summed E-state index contributed by atoms with van der Waals surface area (Å²) in [5.74, 6) is -0.643. The Balaban J connectivity index is 0.000000151. The van der Waals surface area contributed by atoms with E-state index in [1.165, 1.54) is 37.5 Å². The minimum absolute atomic E-state index is 0.170. The van der Waals surface area contributed by atoms with Gasteiger partial charge >= 0.3 is 0 Å². The quantitative estimate of drug-likeness (QED) is 0.828. The van der Waals surface area contributed by atoms with Gasteiger partial charge < -0.3 is 0 Å². The molecule has 1 N–H and O–H groups in total. The second-order valence-corrected chi connectivity index (χ2v) is 6.43. The van der Waals surface area contributed by atoms with E-state index in [-0.39, 0.29) is 23.6 Å². The number of nitrogens with one attached hydrogen (secondary N) is 1. The van der Waals surface area contributed by atoms with E-state index < -0.39 is 0 Å². The Morgan fingerprint density at radius 3 is 2.00 bits per heavy atom. The lowest BCUT2D eigenvalue weighted by atomic mass is 9.84. The monoisotopic (exact) mass is 352 g/mol. The van der Waals surface area contributed by atoms with Crippen LogP contribution in [0.25, 0.3) is 0 Å². The average molecular weight is 352 g/mol. The molecule has 6 heteroatoms. The first kappa shape index (κ1) is 17.8. The molecule has 1 saturated carbocycles. The predicted octanol–water partition coefficient (Wildman–Crippen LogP) is 2.27. The van der Waals surface area contributed by atoms with Gasteiger partial charge in [0.05, 0.1) is 5.69 Å². The number of amides is 4. The van der Waals surface area contributed by atoms with E-state index in [4.69, 9.17) is 0 Å². The molecule has 1 aromatic carbocycles. The lowest BCUT2D eigenvalue weighted by Gasteiger charge is -2.21. The summed E-state index contributed by atoms with van der Waals surface area (Å²) in [6.45, 7) is 0. The highest BCUT2D eigenvalue weighted by Gasteiger charge is 2.28. The lowest BCUT2D eigenvalue weighted by Crippen LogP contribution is -2.29. The molecule has 0 spiro atoms. The number of nitrogens with zero attached hydrogens (tertiary/aromatic N) is 1. The van der Waals surface area contributed by atoms with Crippen LogP contribution < -0.4 is 10.2 Å². The Bertz CT molecular complexity index is 771. The van der Waals surface area contributed by atoms with E-state index in [0.29, 0.717) is 17.2 Å². The van der Waals surface area contributed by atoms with Crippen LogP contribution in [0.2, 0.25) is 0 Å². The summed E-state index contributed by atoms with van der Waals surface area (Å²) in [6.07, 6.45) is 9.77. The highest BCUT2D eigenvalue weighted by atomic mass is 16.2. The number of carbonyl (C=O) groups excluding carboxylic acids is 4. The van der Waals surface area contributed by atoms with Crippen molar-refractivity contribution in [2.45, 2.75) is 32.1 Å². The van der Waals surface area contributed by atoms with E-state index in [2.05, 4.69) is 5.32 Å². The third kappa shape index (κ3) is 3.96. The second kappa shape index (κ2) is 7.91.